The van der Waals surface area contributed by atoms with Crippen molar-refractivity contribution in [3.8, 4) is 5.75 Å². The minimum atomic E-state index is -0.715. The zero-order valence-electron chi connectivity index (χ0n) is 14.2. The van der Waals surface area contributed by atoms with Gasteiger partial charge in [0.2, 0.25) is 5.91 Å². The smallest absolute Gasteiger partial charge is 0.337 e. The van der Waals surface area contributed by atoms with Crippen LogP contribution < -0.4 is 32.6 Å². The molecule has 0 spiro atoms. The summed E-state index contributed by atoms with van der Waals surface area (Å²) >= 11 is 0. The van der Waals surface area contributed by atoms with Gasteiger partial charge < -0.3 is 37.7 Å². The van der Waals surface area contributed by atoms with Crippen LogP contribution in [0.1, 0.15) is 0 Å². The minimum Gasteiger partial charge on any atom is -0.423 e. The number of anilines is 4. The summed E-state index contributed by atoms with van der Waals surface area (Å²) in [6, 6.07) is 9.78. The number of esters is 1. The van der Waals surface area contributed by atoms with Crippen LogP contribution in [-0.4, -0.2) is 42.2 Å². The molecular formula is C16H22N6O4. The number of hydrogen-bond acceptors (Lipinski definition) is 9. The lowest BCUT2D eigenvalue weighted by Gasteiger charge is -2.05. The topological polar surface area (TPSA) is 179 Å². The Hall–Kier alpha value is -3.37. The first-order chi connectivity index (χ1) is 12.4. The number of nitrogens with zero attached hydrogens (tertiary/aromatic N) is 1. The Kier molecular flexibility index (Phi) is 8.34. The molecule has 1 aromatic heterocycles. The molecule has 0 saturated heterocycles. The van der Waals surface area contributed by atoms with E-state index in [9.17, 15) is 9.59 Å². The number of aromatic nitrogens is 1. The van der Waals surface area contributed by atoms with E-state index in [2.05, 4.69) is 20.4 Å². The number of nitrogens with one attached hydrogen (secondary N) is 2. The van der Waals surface area contributed by atoms with Gasteiger partial charge in [0.1, 0.15) is 18.2 Å². The molecule has 0 radical (unpaired) electrons. The van der Waals surface area contributed by atoms with Gasteiger partial charge in [-0.1, -0.05) is 12.1 Å². The first kappa shape index (κ1) is 20.7. The number of carbonyl (C=O) groups excluding carboxylic acids is 2. The molecule has 1 amide bonds. The van der Waals surface area contributed by atoms with Gasteiger partial charge in [-0.05, 0) is 31.3 Å². The third kappa shape index (κ3) is 7.03. The number of hydrogen-bond donors (Lipinski definition) is 6. The molecule has 0 unspecified atom stereocenters. The van der Waals surface area contributed by atoms with Crippen LogP contribution in [0.3, 0.4) is 0 Å². The Morgan fingerprint density at radius 1 is 1.12 bits per heavy atom. The number of carbonyl (C=O) groups is 2. The lowest BCUT2D eigenvalue weighted by atomic mass is 10.3. The van der Waals surface area contributed by atoms with Gasteiger partial charge in [-0.2, -0.15) is 0 Å². The Morgan fingerprint density at radius 3 is 2.38 bits per heavy atom. The lowest BCUT2D eigenvalue weighted by molar-refractivity contribution is -0.137. The number of amides is 1. The number of ether oxygens (including phenoxy) is 1. The van der Waals surface area contributed by atoms with Gasteiger partial charge in [-0.15, -0.1) is 0 Å². The van der Waals surface area contributed by atoms with Crippen LogP contribution in [-0.2, 0) is 9.59 Å². The first-order valence-electron chi connectivity index (χ1n) is 7.49. The van der Waals surface area contributed by atoms with E-state index in [1.807, 2.05) is 0 Å². The summed E-state index contributed by atoms with van der Waals surface area (Å²) in [4.78, 5) is 25.6. The van der Waals surface area contributed by atoms with Crippen molar-refractivity contribution in [3.63, 3.8) is 0 Å². The number of nitrogen functional groups attached to an aromatic ring is 3. The van der Waals surface area contributed by atoms with Gasteiger partial charge in [0.05, 0.1) is 17.9 Å². The monoisotopic (exact) mass is 362 g/mol. The average Bonchev–Trinajstić information content (AvgIpc) is 2.61. The maximum atomic E-state index is 11.1. The predicted molar refractivity (Wildman–Crippen MR) is 99.2 cm³/mol. The van der Waals surface area contributed by atoms with Crippen LogP contribution in [0.5, 0.6) is 5.75 Å². The highest BCUT2D eigenvalue weighted by Crippen LogP contribution is 2.19. The van der Waals surface area contributed by atoms with Gasteiger partial charge in [0, 0.05) is 0 Å². The second-order valence-corrected chi connectivity index (χ2v) is 4.92. The van der Waals surface area contributed by atoms with Crippen LogP contribution in [0.25, 0.3) is 0 Å². The third-order valence-electron chi connectivity index (χ3n) is 2.83. The van der Waals surface area contributed by atoms with Gasteiger partial charge in [-0.25, -0.2) is 9.78 Å². The summed E-state index contributed by atoms with van der Waals surface area (Å²) in [5.74, 6) is -0.00201. The maximum absolute atomic E-state index is 11.1. The number of aliphatic hydroxyl groups is 1. The Bertz CT molecular complexity index is 753. The minimum absolute atomic E-state index is 0.177. The highest BCUT2D eigenvalue weighted by molar-refractivity contribution is 5.91. The highest BCUT2D eigenvalue weighted by atomic mass is 16.5. The number of para-hydroxylation sites is 2. The Balaban J connectivity index is 0.000000263. The van der Waals surface area contributed by atoms with E-state index in [4.69, 9.17) is 22.3 Å². The van der Waals surface area contributed by atoms with E-state index >= 15 is 0 Å². The van der Waals surface area contributed by atoms with Gasteiger partial charge >= 0.3 is 5.97 Å². The fraction of sp³-hybridized carbons (Fsp3) is 0.188. The van der Waals surface area contributed by atoms with Crippen molar-refractivity contribution in [2.24, 2.45) is 0 Å². The van der Waals surface area contributed by atoms with Crippen molar-refractivity contribution in [2.45, 2.75) is 0 Å². The van der Waals surface area contributed by atoms with E-state index < -0.39 is 12.6 Å². The average molecular weight is 362 g/mol. The number of aliphatic hydroxyl groups excluding tert-OH is 1. The standard InChI is InChI=1S/C8H13N5O.C8H9NO3/c1-11-4-7(14)12-6-3-2-5(9)8(10)13-6;9-6-3-1-2-4-7(6)12-8(11)5-10/h2-3,11H,4,9H2,1H3,(H3,10,12,13,14);1-4,10H,5,9H2. The molecule has 0 fully saturated rings. The second-order valence-electron chi connectivity index (χ2n) is 4.92. The summed E-state index contributed by atoms with van der Waals surface area (Å²) in [5.41, 5.74) is 17.2. The van der Waals surface area contributed by atoms with E-state index in [-0.39, 0.29) is 24.0 Å². The van der Waals surface area contributed by atoms with Crippen molar-refractivity contribution < 1.29 is 19.4 Å². The van der Waals surface area contributed by atoms with Crippen LogP contribution in [0.4, 0.5) is 23.0 Å². The van der Waals surface area contributed by atoms with Crippen LogP contribution >= 0.6 is 0 Å². The van der Waals surface area contributed by atoms with Gasteiger partial charge in [0.15, 0.2) is 5.75 Å². The highest BCUT2D eigenvalue weighted by Gasteiger charge is 2.04. The summed E-state index contributed by atoms with van der Waals surface area (Å²) in [6.07, 6.45) is 0. The van der Waals surface area contributed by atoms with Crippen molar-refractivity contribution >= 4 is 34.9 Å². The largest absolute Gasteiger partial charge is 0.423 e. The molecule has 0 aliphatic rings. The van der Waals surface area contributed by atoms with Crippen molar-refractivity contribution in [3.05, 3.63) is 36.4 Å². The Morgan fingerprint density at radius 2 is 1.81 bits per heavy atom. The molecule has 0 aliphatic heterocycles. The molecule has 10 heteroatoms. The summed E-state index contributed by atoms with van der Waals surface area (Å²) < 4.78 is 4.68. The fourth-order valence-electron chi connectivity index (χ4n) is 1.63. The normalized spacial score (nSPS) is 9.62. The molecule has 1 aromatic carbocycles. The van der Waals surface area contributed by atoms with E-state index in [0.717, 1.165) is 0 Å². The second kappa shape index (κ2) is 10.5. The maximum Gasteiger partial charge on any atom is 0.337 e. The number of benzene rings is 1. The number of nitrogens with two attached hydrogens (primary N) is 3. The lowest BCUT2D eigenvalue weighted by Crippen LogP contribution is -2.25. The molecule has 0 bridgehead atoms. The predicted octanol–water partition coefficient (Wildman–Crippen LogP) is -0.430. The SMILES string of the molecule is CNCC(=O)Nc1ccc(N)c(N)n1.Nc1ccccc1OC(=O)CO. The molecule has 2 rings (SSSR count). The molecule has 0 atom stereocenters. The molecule has 26 heavy (non-hydrogen) atoms. The quantitative estimate of drug-likeness (QED) is 0.234. The molecule has 140 valence electrons. The summed E-state index contributed by atoms with van der Waals surface area (Å²) in [5, 5.41) is 13.7. The third-order valence-corrected chi connectivity index (χ3v) is 2.83. The molecule has 2 aromatic rings. The van der Waals surface area contributed by atoms with Crippen molar-refractivity contribution in [2.75, 3.05) is 42.7 Å². The number of likely N-dealkylation sites (N-methyl/N-ethyl adjacent to an activating group) is 1. The van der Waals surface area contributed by atoms with Crippen LogP contribution in [0.15, 0.2) is 36.4 Å². The molecule has 0 saturated carbocycles. The molecule has 10 nitrogen and oxygen atoms in total. The number of rotatable bonds is 5. The fourth-order valence-corrected chi connectivity index (χ4v) is 1.63. The van der Waals surface area contributed by atoms with Crippen LogP contribution in [0, 0.1) is 0 Å². The zero-order chi connectivity index (χ0) is 19.5. The molecule has 1 heterocycles. The van der Waals surface area contributed by atoms with Gasteiger partial charge in [0.25, 0.3) is 0 Å². The van der Waals surface area contributed by atoms with Crippen molar-refractivity contribution in [1.82, 2.24) is 10.3 Å². The summed E-state index contributed by atoms with van der Waals surface area (Å²) in [7, 11) is 1.68. The molecular weight excluding hydrogens is 340 g/mol. The molecule has 0 aliphatic carbocycles. The molecule has 9 N–H and O–H groups in total. The zero-order valence-corrected chi connectivity index (χ0v) is 14.2. The van der Waals surface area contributed by atoms with Crippen LogP contribution in [0.2, 0.25) is 0 Å². The summed E-state index contributed by atoms with van der Waals surface area (Å²) in [6.45, 7) is -0.416. The number of pyridine rings is 1. The van der Waals surface area contributed by atoms with E-state index in [0.29, 0.717) is 17.2 Å². The Labute approximate surface area is 150 Å². The van der Waals surface area contributed by atoms with Gasteiger partial charge in [-0.3, -0.25) is 4.79 Å². The van der Waals surface area contributed by atoms with Crippen molar-refractivity contribution in [1.29, 1.82) is 0 Å². The van der Waals surface area contributed by atoms with E-state index in [1.54, 1.807) is 43.4 Å². The first-order valence-corrected chi connectivity index (χ1v) is 7.49. The van der Waals surface area contributed by atoms with E-state index in [1.165, 1.54) is 0 Å².